The van der Waals surface area contributed by atoms with E-state index in [1.807, 2.05) is 6.07 Å². The van der Waals surface area contributed by atoms with E-state index in [2.05, 4.69) is 37.8 Å². The molecule has 0 amide bonds. The van der Waals surface area contributed by atoms with E-state index in [1.54, 1.807) is 0 Å². The second-order valence-corrected chi connectivity index (χ2v) is 5.34. The third-order valence-electron chi connectivity index (χ3n) is 3.56. The highest BCUT2D eigenvalue weighted by molar-refractivity contribution is 5.64. The third kappa shape index (κ3) is 2.16. The van der Waals surface area contributed by atoms with Crippen molar-refractivity contribution in [3.8, 4) is 0 Å². The molecule has 1 heterocycles. The summed E-state index contributed by atoms with van der Waals surface area (Å²) in [6.45, 7) is 9.12. The van der Waals surface area contributed by atoms with E-state index in [0.29, 0.717) is 0 Å². The van der Waals surface area contributed by atoms with Gasteiger partial charge in [0.25, 0.3) is 0 Å². The van der Waals surface area contributed by atoms with Gasteiger partial charge in [-0.1, -0.05) is 19.9 Å². The van der Waals surface area contributed by atoms with Gasteiger partial charge in [-0.3, -0.25) is 0 Å². The van der Waals surface area contributed by atoms with Gasteiger partial charge in [0.2, 0.25) is 0 Å². The molecule has 2 heteroatoms. The Bertz CT molecular complexity index is 363. The Kier molecular flexibility index (Phi) is 3.08. The summed E-state index contributed by atoms with van der Waals surface area (Å²) in [5.74, 6) is 1.56. The third-order valence-corrected chi connectivity index (χ3v) is 3.56. The van der Waals surface area contributed by atoms with Crippen LogP contribution in [0.3, 0.4) is 0 Å². The molecule has 0 radical (unpaired) electrons. The Labute approximate surface area is 98.4 Å². The van der Waals surface area contributed by atoms with Gasteiger partial charge in [0, 0.05) is 24.5 Å². The summed E-state index contributed by atoms with van der Waals surface area (Å²) in [5, 5.41) is 0. The number of nitrogen functional groups attached to an aromatic ring is 1. The lowest BCUT2D eigenvalue weighted by Gasteiger charge is -2.37. The molecular formula is C14H22N2. The molecule has 1 aromatic carbocycles. The lowest BCUT2D eigenvalue weighted by molar-refractivity contribution is 0.356. The predicted molar refractivity (Wildman–Crippen MR) is 70.7 cm³/mol. The largest absolute Gasteiger partial charge is 0.398 e. The summed E-state index contributed by atoms with van der Waals surface area (Å²) < 4.78 is 0. The van der Waals surface area contributed by atoms with E-state index in [1.165, 1.54) is 17.7 Å². The first-order chi connectivity index (χ1) is 7.58. The molecule has 1 aromatic rings. The van der Waals surface area contributed by atoms with Crippen LogP contribution >= 0.6 is 0 Å². The molecule has 2 nitrogen and oxygen atoms in total. The van der Waals surface area contributed by atoms with Crippen LogP contribution in [0.25, 0.3) is 0 Å². The molecule has 88 valence electrons. The van der Waals surface area contributed by atoms with Crippen LogP contribution in [0.1, 0.15) is 25.8 Å². The van der Waals surface area contributed by atoms with E-state index >= 15 is 0 Å². The second kappa shape index (κ2) is 4.36. The van der Waals surface area contributed by atoms with Crippen molar-refractivity contribution in [2.75, 3.05) is 23.7 Å². The van der Waals surface area contributed by atoms with Crippen molar-refractivity contribution >= 4 is 11.4 Å². The molecule has 1 saturated heterocycles. The molecular weight excluding hydrogens is 196 g/mol. The van der Waals surface area contributed by atoms with Gasteiger partial charge in [-0.05, 0) is 42.9 Å². The van der Waals surface area contributed by atoms with E-state index in [4.69, 9.17) is 5.73 Å². The quantitative estimate of drug-likeness (QED) is 0.734. The van der Waals surface area contributed by atoms with Gasteiger partial charge in [-0.25, -0.2) is 0 Å². The maximum atomic E-state index is 5.97. The van der Waals surface area contributed by atoms with Crippen molar-refractivity contribution in [2.24, 2.45) is 11.8 Å². The van der Waals surface area contributed by atoms with E-state index in [9.17, 15) is 0 Å². The molecule has 2 N–H and O–H groups in total. The van der Waals surface area contributed by atoms with E-state index < -0.39 is 0 Å². The number of piperidine rings is 1. The number of nitrogens with two attached hydrogens (primary N) is 1. The summed E-state index contributed by atoms with van der Waals surface area (Å²) in [5.41, 5.74) is 9.42. The molecule has 1 fully saturated rings. The van der Waals surface area contributed by atoms with Crippen LogP contribution < -0.4 is 10.6 Å². The zero-order valence-electron chi connectivity index (χ0n) is 10.5. The second-order valence-electron chi connectivity index (χ2n) is 5.34. The minimum absolute atomic E-state index is 0.782. The van der Waals surface area contributed by atoms with Crippen LogP contribution in [0.5, 0.6) is 0 Å². The summed E-state index contributed by atoms with van der Waals surface area (Å²) >= 11 is 0. The SMILES string of the molecule is Cc1c(N)cccc1N1CC(C)CC(C)C1. The molecule has 0 aliphatic carbocycles. The van der Waals surface area contributed by atoms with Crippen LogP contribution in [-0.2, 0) is 0 Å². The maximum Gasteiger partial charge on any atom is 0.0416 e. The lowest BCUT2D eigenvalue weighted by atomic mass is 9.91. The lowest BCUT2D eigenvalue weighted by Crippen LogP contribution is -2.39. The first-order valence-corrected chi connectivity index (χ1v) is 6.18. The van der Waals surface area contributed by atoms with Crippen LogP contribution in [0, 0.1) is 18.8 Å². The highest BCUT2D eigenvalue weighted by Gasteiger charge is 2.22. The normalized spacial score (nSPS) is 25.8. The molecule has 1 aliphatic heterocycles. The topological polar surface area (TPSA) is 29.3 Å². The number of hydrogen-bond donors (Lipinski definition) is 1. The highest BCUT2D eigenvalue weighted by Crippen LogP contribution is 2.30. The zero-order valence-corrected chi connectivity index (χ0v) is 10.5. The Morgan fingerprint density at radius 2 is 1.81 bits per heavy atom. The van der Waals surface area contributed by atoms with Crippen molar-refractivity contribution in [3.63, 3.8) is 0 Å². The van der Waals surface area contributed by atoms with Crippen molar-refractivity contribution in [1.82, 2.24) is 0 Å². The van der Waals surface area contributed by atoms with Crippen LogP contribution in [0.4, 0.5) is 11.4 Å². The summed E-state index contributed by atoms with van der Waals surface area (Å²) in [6.07, 6.45) is 1.35. The van der Waals surface area contributed by atoms with Crippen LogP contribution in [0.15, 0.2) is 18.2 Å². The predicted octanol–water partition coefficient (Wildman–Crippen LogP) is 3.06. The van der Waals surface area contributed by atoms with Gasteiger partial charge in [0.05, 0.1) is 0 Å². The molecule has 0 bridgehead atoms. The fraction of sp³-hybridized carbons (Fsp3) is 0.571. The molecule has 1 aliphatic rings. The Hall–Kier alpha value is -1.18. The Balaban J connectivity index is 2.26. The fourth-order valence-electron chi connectivity index (χ4n) is 2.84. The zero-order chi connectivity index (χ0) is 11.7. The Morgan fingerprint density at radius 3 is 2.44 bits per heavy atom. The number of benzene rings is 1. The number of rotatable bonds is 1. The van der Waals surface area contributed by atoms with Gasteiger partial charge in [-0.15, -0.1) is 0 Å². The molecule has 2 unspecified atom stereocenters. The standard InChI is InChI=1S/C14H22N2/c1-10-7-11(2)9-16(8-10)14-6-4-5-13(15)12(14)3/h4-6,10-11H,7-9,15H2,1-3H3. The van der Waals surface area contributed by atoms with Gasteiger partial charge >= 0.3 is 0 Å². The van der Waals surface area contributed by atoms with Crippen molar-refractivity contribution < 1.29 is 0 Å². The van der Waals surface area contributed by atoms with Gasteiger partial charge in [0.1, 0.15) is 0 Å². The number of anilines is 2. The fourth-order valence-corrected chi connectivity index (χ4v) is 2.84. The minimum atomic E-state index is 0.782. The molecule has 2 rings (SSSR count). The Morgan fingerprint density at radius 1 is 1.19 bits per heavy atom. The van der Waals surface area contributed by atoms with Crippen molar-refractivity contribution in [1.29, 1.82) is 0 Å². The molecule has 0 spiro atoms. The average molecular weight is 218 g/mol. The monoisotopic (exact) mass is 218 g/mol. The summed E-state index contributed by atoms with van der Waals surface area (Å²) in [6, 6.07) is 6.23. The molecule has 0 saturated carbocycles. The molecule has 16 heavy (non-hydrogen) atoms. The van der Waals surface area contributed by atoms with Gasteiger partial charge in [-0.2, -0.15) is 0 Å². The van der Waals surface area contributed by atoms with E-state index in [0.717, 1.165) is 30.6 Å². The minimum Gasteiger partial charge on any atom is -0.398 e. The smallest absolute Gasteiger partial charge is 0.0416 e. The number of hydrogen-bond acceptors (Lipinski definition) is 2. The van der Waals surface area contributed by atoms with E-state index in [-0.39, 0.29) is 0 Å². The van der Waals surface area contributed by atoms with Crippen molar-refractivity contribution in [3.05, 3.63) is 23.8 Å². The van der Waals surface area contributed by atoms with Crippen molar-refractivity contribution in [2.45, 2.75) is 27.2 Å². The average Bonchev–Trinajstić information content (AvgIpc) is 2.20. The van der Waals surface area contributed by atoms with Gasteiger partial charge in [0.15, 0.2) is 0 Å². The number of nitrogens with zero attached hydrogens (tertiary/aromatic N) is 1. The molecule has 0 aromatic heterocycles. The molecule has 2 atom stereocenters. The van der Waals surface area contributed by atoms with Crippen LogP contribution in [0.2, 0.25) is 0 Å². The highest BCUT2D eigenvalue weighted by atomic mass is 15.1. The summed E-state index contributed by atoms with van der Waals surface area (Å²) in [7, 11) is 0. The first kappa shape index (κ1) is 11.3. The first-order valence-electron chi connectivity index (χ1n) is 6.18. The van der Waals surface area contributed by atoms with Gasteiger partial charge < -0.3 is 10.6 Å². The van der Waals surface area contributed by atoms with Crippen LogP contribution in [-0.4, -0.2) is 13.1 Å². The maximum absolute atomic E-state index is 5.97. The summed E-state index contributed by atoms with van der Waals surface area (Å²) in [4.78, 5) is 2.49.